The Morgan fingerprint density at radius 2 is 2.23 bits per heavy atom. The van der Waals surface area contributed by atoms with Crippen molar-refractivity contribution in [3.05, 3.63) is 47.8 Å². The summed E-state index contributed by atoms with van der Waals surface area (Å²) < 4.78 is 23.5. The Labute approximate surface area is 126 Å². The molecule has 0 aliphatic rings. The van der Waals surface area contributed by atoms with Gasteiger partial charge in [0.25, 0.3) is 0 Å². The van der Waals surface area contributed by atoms with Gasteiger partial charge >= 0.3 is 0 Å². The number of carbonyl (C=O) groups is 1. The van der Waals surface area contributed by atoms with Crippen LogP contribution in [0.2, 0.25) is 0 Å². The number of carbonyl (C=O) groups excluding carboxylic acids is 1. The summed E-state index contributed by atoms with van der Waals surface area (Å²) in [7, 11) is 0. The van der Waals surface area contributed by atoms with Crippen molar-refractivity contribution in [3.8, 4) is 0 Å². The lowest BCUT2D eigenvalue weighted by atomic mass is 10.1. The van der Waals surface area contributed by atoms with Gasteiger partial charge in [-0.3, -0.25) is 4.79 Å². The molecule has 3 rings (SSSR count). The fourth-order valence-electron chi connectivity index (χ4n) is 2.32. The van der Waals surface area contributed by atoms with Crippen LogP contribution in [0.25, 0.3) is 11.0 Å². The summed E-state index contributed by atoms with van der Waals surface area (Å²) in [5, 5.41) is 7.21. The topological polar surface area (TPSA) is 68.3 Å². The second-order valence-electron chi connectivity index (χ2n) is 5.38. The maximum atomic E-state index is 13.1. The highest BCUT2D eigenvalue weighted by molar-refractivity contribution is 5.95. The molecular formula is C16H15FN2O3. The molecule has 1 amide bonds. The van der Waals surface area contributed by atoms with Gasteiger partial charge in [0.1, 0.15) is 17.1 Å². The van der Waals surface area contributed by atoms with Gasteiger partial charge in [-0.05, 0) is 12.1 Å². The highest BCUT2D eigenvalue weighted by Gasteiger charge is 2.16. The third-order valence-electron chi connectivity index (χ3n) is 3.37. The molecule has 2 aromatic heterocycles. The first-order valence-electron chi connectivity index (χ1n) is 6.94. The molecule has 0 atom stereocenters. The van der Waals surface area contributed by atoms with Crippen molar-refractivity contribution in [2.75, 3.05) is 5.32 Å². The lowest BCUT2D eigenvalue weighted by Gasteiger charge is -2.05. The van der Waals surface area contributed by atoms with Crippen LogP contribution < -0.4 is 5.32 Å². The Bertz CT molecular complexity index is 820. The number of amides is 1. The van der Waals surface area contributed by atoms with Gasteiger partial charge < -0.3 is 14.3 Å². The molecule has 0 saturated carbocycles. The lowest BCUT2D eigenvalue weighted by molar-refractivity contribution is -0.115. The standard InChI is InChI=1S/C16H15FN2O3/c1-9(2)16-13(7-18-22-16)19-15(20)5-10-8-21-14-6-11(17)3-4-12(10)14/h3-4,6-9H,5H2,1-2H3,(H,19,20). The number of anilines is 1. The van der Waals surface area contributed by atoms with Crippen molar-refractivity contribution in [2.24, 2.45) is 0 Å². The van der Waals surface area contributed by atoms with E-state index in [-0.39, 0.29) is 24.1 Å². The van der Waals surface area contributed by atoms with Gasteiger partial charge in [0.05, 0.1) is 18.9 Å². The van der Waals surface area contributed by atoms with E-state index in [1.165, 1.54) is 24.6 Å². The molecule has 0 bridgehead atoms. The predicted octanol–water partition coefficient (Wildman–Crippen LogP) is 3.86. The number of furan rings is 1. The molecule has 22 heavy (non-hydrogen) atoms. The second kappa shape index (κ2) is 5.63. The number of halogens is 1. The van der Waals surface area contributed by atoms with Crippen LogP contribution in [-0.4, -0.2) is 11.1 Å². The number of benzene rings is 1. The van der Waals surface area contributed by atoms with Gasteiger partial charge in [0.15, 0.2) is 5.76 Å². The molecule has 1 aromatic carbocycles. The zero-order valence-electron chi connectivity index (χ0n) is 12.2. The number of nitrogens with zero attached hydrogens (tertiary/aromatic N) is 1. The van der Waals surface area contributed by atoms with Gasteiger partial charge in [-0.2, -0.15) is 0 Å². The molecule has 0 aliphatic carbocycles. The molecule has 6 heteroatoms. The Balaban J connectivity index is 1.77. The van der Waals surface area contributed by atoms with Crippen LogP contribution in [0.4, 0.5) is 10.1 Å². The van der Waals surface area contributed by atoms with Gasteiger partial charge in [-0.15, -0.1) is 0 Å². The summed E-state index contributed by atoms with van der Waals surface area (Å²) in [6, 6.07) is 4.25. The average Bonchev–Trinajstić information content (AvgIpc) is 3.06. The number of nitrogens with one attached hydrogen (secondary N) is 1. The van der Waals surface area contributed by atoms with Crippen LogP contribution in [0.5, 0.6) is 0 Å². The fourth-order valence-corrected chi connectivity index (χ4v) is 2.32. The minimum Gasteiger partial charge on any atom is -0.464 e. The van der Waals surface area contributed by atoms with Crippen molar-refractivity contribution in [3.63, 3.8) is 0 Å². The maximum Gasteiger partial charge on any atom is 0.229 e. The van der Waals surface area contributed by atoms with Crippen LogP contribution in [0.15, 0.2) is 39.6 Å². The Kier molecular flexibility index (Phi) is 3.66. The van der Waals surface area contributed by atoms with Crippen molar-refractivity contribution in [2.45, 2.75) is 26.2 Å². The normalized spacial score (nSPS) is 11.3. The van der Waals surface area contributed by atoms with Gasteiger partial charge in [0, 0.05) is 22.9 Å². The highest BCUT2D eigenvalue weighted by atomic mass is 19.1. The molecule has 0 aliphatic heterocycles. The SMILES string of the molecule is CC(C)c1oncc1NC(=O)Cc1coc2cc(F)ccc12. The number of hydrogen-bond acceptors (Lipinski definition) is 4. The molecule has 5 nitrogen and oxygen atoms in total. The van der Waals surface area contributed by atoms with Crippen molar-refractivity contribution >= 4 is 22.6 Å². The van der Waals surface area contributed by atoms with E-state index in [2.05, 4.69) is 10.5 Å². The molecule has 3 aromatic rings. The monoisotopic (exact) mass is 302 g/mol. The first-order chi connectivity index (χ1) is 10.5. The van der Waals surface area contributed by atoms with E-state index in [1.807, 2.05) is 13.8 Å². The Morgan fingerprint density at radius 3 is 3.00 bits per heavy atom. The molecule has 1 N–H and O–H groups in total. The average molecular weight is 302 g/mol. The van der Waals surface area contributed by atoms with Crippen LogP contribution >= 0.6 is 0 Å². The van der Waals surface area contributed by atoms with Gasteiger partial charge in [0.2, 0.25) is 5.91 Å². The van der Waals surface area contributed by atoms with E-state index in [0.717, 1.165) is 5.39 Å². The van der Waals surface area contributed by atoms with Crippen molar-refractivity contribution < 1.29 is 18.1 Å². The van der Waals surface area contributed by atoms with E-state index in [1.54, 1.807) is 6.07 Å². The molecule has 0 radical (unpaired) electrons. The number of rotatable bonds is 4. The minimum atomic E-state index is -0.371. The lowest BCUT2D eigenvalue weighted by Crippen LogP contribution is -2.14. The summed E-state index contributed by atoms with van der Waals surface area (Å²) in [4.78, 5) is 12.2. The van der Waals surface area contributed by atoms with E-state index in [0.29, 0.717) is 22.6 Å². The number of aromatic nitrogens is 1. The molecule has 0 fully saturated rings. The Hall–Kier alpha value is -2.63. The first-order valence-corrected chi connectivity index (χ1v) is 6.94. The van der Waals surface area contributed by atoms with Crippen molar-refractivity contribution in [1.29, 1.82) is 0 Å². The van der Waals surface area contributed by atoms with Crippen LogP contribution in [0, 0.1) is 5.82 Å². The molecule has 0 spiro atoms. The predicted molar refractivity (Wildman–Crippen MR) is 79.1 cm³/mol. The first kappa shape index (κ1) is 14.3. The van der Waals surface area contributed by atoms with E-state index >= 15 is 0 Å². The smallest absolute Gasteiger partial charge is 0.229 e. The molecule has 114 valence electrons. The summed E-state index contributed by atoms with van der Waals surface area (Å²) in [6.45, 7) is 3.91. The summed E-state index contributed by atoms with van der Waals surface area (Å²) in [5.74, 6) is 0.170. The summed E-state index contributed by atoms with van der Waals surface area (Å²) >= 11 is 0. The van der Waals surface area contributed by atoms with Crippen molar-refractivity contribution in [1.82, 2.24) is 5.16 Å². The quantitative estimate of drug-likeness (QED) is 0.794. The van der Waals surface area contributed by atoms with Crippen LogP contribution in [-0.2, 0) is 11.2 Å². The maximum absolute atomic E-state index is 13.1. The Morgan fingerprint density at radius 1 is 1.41 bits per heavy atom. The van der Waals surface area contributed by atoms with Crippen LogP contribution in [0.1, 0.15) is 31.1 Å². The van der Waals surface area contributed by atoms with Crippen LogP contribution in [0.3, 0.4) is 0 Å². The third kappa shape index (κ3) is 2.72. The van der Waals surface area contributed by atoms with E-state index in [4.69, 9.17) is 8.94 Å². The zero-order chi connectivity index (χ0) is 15.7. The second-order valence-corrected chi connectivity index (χ2v) is 5.38. The number of fused-ring (bicyclic) bond motifs is 1. The van der Waals surface area contributed by atoms with E-state index < -0.39 is 0 Å². The minimum absolute atomic E-state index is 0.121. The third-order valence-corrected chi connectivity index (χ3v) is 3.37. The van der Waals surface area contributed by atoms with Gasteiger partial charge in [-0.1, -0.05) is 19.0 Å². The molecule has 0 saturated heterocycles. The highest BCUT2D eigenvalue weighted by Crippen LogP contribution is 2.25. The van der Waals surface area contributed by atoms with Gasteiger partial charge in [-0.25, -0.2) is 4.39 Å². The molecule has 0 unspecified atom stereocenters. The summed E-state index contributed by atoms with van der Waals surface area (Å²) in [6.07, 6.45) is 3.08. The summed E-state index contributed by atoms with van der Waals surface area (Å²) in [5.41, 5.74) is 1.70. The largest absolute Gasteiger partial charge is 0.464 e. The molecular weight excluding hydrogens is 287 g/mol. The fraction of sp³-hybridized carbons (Fsp3) is 0.250. The van der Waals surface area contributed by atoms with E-state index in [9.17, 15) is 9.18 Å². The zero-order valence-corrected chi connectivity index (χ0v) is 12.2. The molecule has 2 heterocycles. The number of hydrogen-bond donors (Lipinski definition) is 1.